The van der Waals surface area contributed by atoms with Crippen LogP contribution in [0.15, 0.2) is 36.5 Å². The molecule has 156 valence electrons. The second kappa shape index (κ2) is 8.25. The third kappa shape index (κ3) is 3.96. The standard InChI is InChI=1S/C19H20N6O5/c1-29-19(28)23-17-11-9-20-15(8-12(11)24-25-17)21-18(27)22-16-10-4-2-3-5-14(10)30-7-6-13(16)26/h2-5,8-9,13,16,26H,6-7H2,1H3,(H2,20,21,22,27)(H2,23,24,25,28)/t13-,16+/m1/s1. The Kier molecular flexibility index (Phi) is 5.35. The number of nitrogens with one attached hydrogen (secondary N) is 4. The highest BCUT2D eigenvalue weighted by Crippen LogP contribution is 2.31. The third-order valence-electron chi connectivity index (χ3n) is 4.69. The number of carbonyl (C=O) groups excluding carboxylic acids is 2. The lowest BCUT2D eigenvalue weighted by Gasteiger charge is -2.22. The molecule has 4 rings (SSSR count). The molecule has 3 aromatic rings. The smallest absolute Gasteiger partial charge is 0.412 e. The number of methoxy groups -OCH3 is 1. The number of pyridine rings is 1. The van der Waals surface area contributed by atoms with Gasteiger partial charge < -0.3 is 19.9 Å². The molecule has 0 fully saturated rings. The summed E-state index contributed by atoms with van der Waals surface area (Å²) in [6.45, 7) is 0.359. The molecule has 1 aliphatic heterocycles. The number of hydrogen-bond donors (Lipinski definition) is 5. The van der Waals surface area contributed by atoms with Crippen LogP contribution in [0.25, 0.3) is 10.9 Å². The Balaban J connectivity index is 1.49. The molecule has 2 aromatic heterocycles. The van der Waals surface area contributed by atoms with Gasteiger partial charge in [-0.15, -0.1) is 0 Å². The molecule has 0 radical (unpaired) electrons. The maximum absolute atomic E-state index is 12.6. The molecule has 11 nitrogen and oxygen atoms in total. The van der Waals surface area contributed by atoms with E-state index in [2.05, 4.69) is 35.9 Å². The van der Waals surface area contributed by atoms with Gasteiger partial charge in [0.25, 0.3) is 0 Å². The van der Waals surface area contributed by atoms with Crippen LogP contribution in [0.4, 0.5) is 21.2 Å². The van der Waals surface area contributed by atoms with Crippen LogP contribution >= 0.6 is 0 Å². The highest BCUT2D eigenvalue weighted by molar-refractivity contribution is 5.98. The van der Waals surface area contributed by atoms with Crippen molar-refractivity contribution >= 4 is 34.7 Å². The summed E-state index contributed by atoms with van der Waals surface area (Å²) in [5, 5.41) is 25.6. The van der Waals surface area contributed by atoms with Crippen molar-refractivity contribution in [1.82, 2.24) is 20.5 Å². The molecule has 2 atom stereocenters. The van der Waals surface area contributed by atoms with E-state index in [1.54, 1.807) is 18.2 Å². The zero-order valence-electron chi connectivity index (χ0n) is 16.0. The molecule has 0 aliphatic carbocycles. The third-order valence-corrected chi connectivity index (χ3v) is 4.69. The molecule has 1 aliphatic rings. The van der Waals surface area contributed by atoms with Crippen molar-refractivity contribution < 1.29 is 24.2 Å². The minimum absolute atomic E-state index is 0.263. The lowest BCUT2D eigenvalue weighted by atomic mass is 10.00. The van der Waals surface area contributed by atoms with Crippen LogP contribution in [0.5, 0.6) is 5.75 Å². The molecule has 3 amide bonds. The number of ether oxygens (including phenoxy) is 2. The topological polar surface area (TPSA) is 150 Å². The fourth-order valence-electron chi connectivity index (χ4n) is 3.22. The van der Waals surface area contributed by atoms with Gasteiger partial charge in [-0.25, -0.2) is 14.6 Å². The van der Waals surface area contributed by atoms with Gasteiger partial charge in [0.05, 0.1) is 36.8 Å². The lowest BCUT2D eigenvalue weighted by molar-refractivity contribution is 0.115. The highest BCUT2D eigenvalue weighted by atomic mass is 16.5. The molecule has 5 N–H and O–H groups in total. The molecule has 3 heterocycles. The van der Waals surface area contributed by atoms with E-state index in [1.165, 1.54) is 13.3 Å². The highest BCUT2D eigenvalue weighted by Gasteiger charge is 2.28. The van der Waals surface area contributed by atoms with Crippen molar-refractivity contribution in [3.05, 3.63) is 42.1 Å². The molecule has 0 bridgehead atoms. The predicted octanol–water partition coefficient (Wildman–Crippen LogP) is 2.14. The molecular formula is C19H20N6O5. The van der Waals surface area contributed by atoms with Crippen LogP contribution in [0.1, 0.15) is 18.0 Å². The Morgan fingerprint density at radius 3 is 2.97 bits per heavy atom. The number of para-hydroxylation sites is 1. The van der Waals surface area contributed by atoms with Gasteiger partial charge in [0, 0.05) is 24.2 Å². The van der Waals surface area contributed by atoms with Crippen molar-refractivity contribution in [3.8, 4) is 5.75 Å². The van der Waals surface area contributed by atoms with Gasteiger partial charge >= 0.3 is 12.1 Å². The van der Waals surface area contributed by atoms with E-state index in [0.29, 0.717) is 35.2 Å². The molecule has 0 unspecified atom stereocenters. The first-order valence-corrected chi connectivity index (χ1v) is 9.21. The van der Waals surface area contributed by atoms with E-state index in [1.807, 2.05) is 12.1 Å². The number of nitrogens with zero attached hydrogens (tertiary/aromatic N) is 2. The molecular weight excluding hydrogens is 392 g/mol. The number of anilines is 2. The number of H-pyrrole nitrogens is 1. The van der Waals surface area contributed by atoms with Crippen LogP contribution in [-0.2, 0) is 4.74 Å². The zero-order valence-corrected chi connectivity index (χ0v) is 16.0. The van der Waals surface area contributed by atoms with Crippen LogP contribution in [0, 0.1) is 0 Å². The molecule has 0 spiro atoms. The minimum Gasteiger partial charge on any atom is -0.493 e. The molecule has 0 saturated carbocycles. The summed E-state index contributed by atoms with van der Waals surface area (Å²) in [5.41, 5.74) is 1.26. The van der Waals surface area contributed by atoms with E-state index in [-0.39, 0.29) is 11.6 Å². The summed E-state index contributed by atoms with van der Waals surface area (Å²) in [6, 6.07) is 7.67. The van der Waals surface area contributed by atoms with E-state index in [4.69, 9.17) is 4.74 Å². The number of rotatable bonds is 3. The van der Waals surface area contributed by atoms with E-state index < -0.39 is 24.3 Å². The SMILES string of the molecule is COC(=O)Nc1n[nH]c2cc(NC(=O)N[C@H]3c4ccccc4OCC[C@H]3O)ncc12. The monoisotopic (exact) mass is 412 g/mol. The van der Waals surface area contributed by atoms with E-state index in [9.17, 15) is 14.7 Å². The van der Waals surface area contributed by atoms with Crippen LogP contribution in [0.3, 0.4) is 0 Å². The van der Waals surface area contributed by atoms with Crippen molar-refractivity contribution in [1.29, 1.82) is 0 Å². The van der Waals surface area contributed by atoms with Crippen molar-refractivity contribution in [2.75, 3.05) is 24.4 Å². The summed E-state index contributed by atoms with van der Waals surface area (Å²) in [7, 11) is 1.25. The fourth-order valence-corrected chi connectivity index (χ4v) is 3.22. The van der Waals surface area contributed by atoms with Crippen LogP contribution < -0.4 is 20.7 Å². The maximum atomic E-state index is 12.6. The number of aliphatic hydroxyl groups is 1. The van der Waals surface area contributed by atoms with Gasteiger partial charge in [-0.05, 0) is 6.07 Å². The van der Waals surface area contributed by atoms with E-state index >= 15 is 0 Å². The number of aromatic amines is 1. The first-order chi connectivity index (χ1) is 14.5. The van der Waals surface area contributed by atoms with Crippen molar-refractivity contribution in [3.63, 3.8) is 0 Å². The van der Waals surface area contributed by atoms with Gasteiger partial charge in [0.2, 0.25) is 0 Å². The molecule has 11 heteroatoms. The Morgan fingerprint density at radius 1 is 1.30 bits per heavy atom. The minimum atomic E-state index is -0.797. The number of benzene rings is 1. The Bertz CT molecular complexity index is 1080. The second-order valence-electron chi connectivity index (χ2n) is 6.62. The zero-order chi connectivity index (χ0) is 21.1. The predicted molar refractivity (Wildman–Crippen MR) is 107 cm³/mol. The van der Waals surface area contributed by atoms with Gasteiger partial charge in [-0.2, -0.15) is 5.10 Å². The fraction of sp³-hybridized carbons (Fsp3) is 0.263. The number of amides is 3. The summed E-state index contributed by atoms with van der Waals surface area (Å²) in [4.78, 5) is 28.1. The van der Waals surface area contributed by atoms with Crippen molar-refractivity contribution in [2.24, 2.45) is 0 Å². The summed E-state index contributed by atoms with van der Waals surface area (Å²) in [6.07, 6.45) is 0.391. The van der Waals surface area contributed by atoms with Gasteiger partial charge in [-0.3, -0.25) is 15.7 Å². The maximum Gasteiger partial charge on any atom is 0.412 e. The number of hydrogen-bond acceptors (Lipinski definition) is 7. The number of aliphatic hydroxyl groups excluding tert-OH is 1. The van der Waals surface area contributed by atoms with Gasteiger partial charge in [0.15, 0.2) is 5.82 Å². The number of urea groups is 1. The van der Waals surface area contributed by atoms with Gasteiger partial charge in [-0.1, -0.05) is 18.2 Å². The summed E-state index contributed by atoms with van der Waals surface area (Å²) >= 11 is 0. The second-order valence-corrected chi connectivity index (χ2v) is 6.62. The summed E-state index contributed by atoms with van der Waals surface area (Å²) < 4.78 is 10.2. The molecule has 0 saturated heterocycles. The average Bonchev–Trinajstić information content (AvgIpc) is 3.06. The normalized spacial score (nSPS) is 17.9. The van der Waals surface area contributed by atoms with Crippen LogP contribution in [0.2, 0.25) is 0 Å². The largest absolute Gasteiger partial charge is 0.493 e. The van der Waals surface area contributed by atoms with Crippen LogP contribution in [-0.4, -0.2) is 52.2 Å². The Hall–Kier alpha value is -3.86. The molecule has 1 aromatic carbocycles. The quantitative estimate of drug-likeness (QED) is 0.442. The van der Waals surface area contributed by atoms with E-state index in [0.717, 1.165) is 0 Å². The first-order valence-electron chi connectivity index (χ1n) is 9.21. The first kappa shape index (κ1) is 19.5. The van der Waals surface area contributed by atoms with Crippen molar-refractivity contribution in [2.45, 2.75) is 18.6 Å². The number of aromatic nitrogens is 3. The summed E-state index contributed by atoms with van der Waals surface area (Å²) in [5.74, 6) is 1.15. The van der Waals surface area contributed by atoms with Gasteiger partial charge in [0.1, 0.15) is 11.6 Å². The number of carbonyl (C=O) groups is 2. The Labute approximate surface area is 170 Å². The lowest BCUT2D eigenvalue weighted by Crippen LogP contribution is -2.38. The number of fused-ring (bicyclic) bond motifs is 2. The Morgan fingerprint density at radius 2 is 2.13 bits per heavy atom. The average molecular weight is 412 g/mol. The molecule has 30 heavy (non-hydrogen) atoms.